The highest BCUT2D eigenvalue weighted by molar-refractivity contribution is 5.95. The van der Waals surface area contributed by atoms with Crippen LogP contribution in [0.5, 0.6) is 11.5 Å². The summed E-state index contributed by atoms with van der Waals surface area (Å²) in [5.74, 6) is -1.27. The molecule has 0 spiro atoms. The molecule has 4 N–H and O–H groups in total. The summed E-state index contributed by atoms with van der Waals surface area (Å²) < 4.78 is 0. The molecule has 0 radical (unpaired) electrons. The minimum atomic E-state index is -0.875. The Bertz CT molecular complexity index is 1380. The number of phenolic OH excluding ortho intramolecular Hbond substituents is 2. The summed E-state index contributed by atoms with van der Waals surface area (Å²) in [5.41, 5.74) is 3.93. The van der Waals surface area contributed by atoms with E-state index in [1.807, 2.05) is 26.0 Å². The molecule has 0 aromatic heterocycles. The van der Waals surface area contributed by atoms with Crippen LogP contribution < -0.4 is 0 Å². The highest BCUT2D eigenvalue weighted by atomic mass is 35.5. The Balaban J connectivity index is 0.000000237. The summed E-state index contributed by atoms with van der Waals surface area (Å²) in [4.78, 5) is 23.1. The number of carbonyl (C=O) groups is 2. The number of carboxylic acids is 2. The summed E-state index contributed by atoms with van der Waals surface area (Å²) in [6.07, 6.45) is 3.46. The molecule has 5 rings (SSSR count). The van der Waals surface area contributed by atoms with Crippen molar-refractivity contribution in [2.45, 2.75) is 46.1 Å². The van der Waals surface area contributed by atoms with E-state index >= 15 is 0 Å². The van der Waals surface area contributed by atoms with E-state index in [1.54, 1.807) is 66.7 Å². The second-order valence-corrected chi connectivity index (χ2v) is 10.1. The van der Waals surface area contributed by atoms with Gasteiger partial charge >= 0.3 is 11.9 Å². The number of rotatable bonds is 5. The number of hydrogen-bond donors (Lipinski definition) is 4. The van der Waals surface area contributed by atoms with Gasteiger partial charge in [-0.3, -0.25) is 0 Å². The zero-order valence-electron chi connectivity index (χ0n) is 23.6. The van der Waals surface area contributed by atoms with Gasteiger partial charge in [0.1, 0.15) is 11.5 Å². The van der Waals surface area contributed by atoms with Crippen molar-refractivity contribution in [2.75, 3.05) is 13.1 Å². The number of hydrogen-bond acceptors (Lipinski definition) is 5. The highest BCUT2D eigenvalue weighted by Crippen LogP contribution is 2.34. The van der Waals surface area contributed by atoms with Crippen molar-refractivity contribution in [3.05, 3.63) is 107 Å². The van der Waals surface area contributed by atoms with E-state index in [0.29, 0.717) is 17.2 Å². The molecule has 1 saturated heterocycles. The van der Waals surface area contributed by atoms with E-state index in [-0.39, 0.29) is 23.9 Å². The van der Waals surface area contributed by atoms with Crippen LogP contribution in [-0.2, 0) is 6.42 Å². The number of aromatic hydroxyl groups is 2. The molecule has 0 amide bonds. The van der Waals surface area contributed by atoms with Crippen LogP contribution in [0.15, 0.2) is 78.9 Å². The normalized spacial score (nSPS) is 13.1. The van der Waals surface area contributed by atoms with Gasteiger partial charge in [0.05, 0.1) is 11.1 Å². The SMILES string of the molecule is CC(Cc1ccc(O)c2cccc(O)c12)N1CCCC1.Cc1ccc(C(=O)O)cc1.Cc1ccc(C(=O)O)cc1.Cl. The molecular weight excluding hydrogens is 542 g/mol. The van der Waals surface area contributed by atoms with Crippen molar-refractivity contribution in [1.82, 2.24) is 4.90 Å². The lowest BCUT2D eigenvalue weighted by Gasteiger charge is -2.24. The van der Waals surface area contributed by atoms with Crippen LogP contribution in [0.3, 0.4) is 0 Å². The molecule has 0 aliphatic carbocycles. The van der Waals surface area contributed by atoms with E-state index in [0.717, 1.165) is 33.9 Å². The van der Waals surface area contributed by atoms with Gasteiger partial charge < -0.3 is 25.3 Å². The van der Waals surface area contributed by atoms with Gasteiger partial charge in [-0.25, -0.2) is 9.59 Å². The fourth-order valence-electron chi connectivity index (χ4n) is 4.64. The number of benzene rings is 4. The Kier molecular flexibility index (Phi) is 12.6. The Labute approximate surface area is 247 Å². The molecule has 41 heavy (non-hydrogen) atoms. The largest absolute Gasteiger partial charge is 0.507 e. The first-order chi connectivity index (χ1) is 19.1. The molecule has 1 aliphatic heterocycles. The zero-order chi connectivity index (χ0) is 29.2. The van der Waals surface area contributed by atoms with Crippen LogP contribution in [-0.4, -0.2) is 56.4 Å². The number of halogens is 1. The number of phenols is 2. The number of carboxylic acid groups (broad SMARTS) is 2. The Morgan fingerprint density at radius 1 is 0.732 bits per heavy atom. The van der Waals surface area contributed by atoms with Gasteiger partial charge in [0.25, 0.3) is 0 Å². The van der Waals surface area contributed by atoms with Crippen LogP contribution in [0, 0.1) is 13.8 Å². The fourth-order valence-corrected chi connectivity index (χ4v) is 4.64. The van der Waals surface area contributed by atoms with Crippen LogP contribution >= 0.6 is 12.4 Å². The minimum Gasteiger partial charge on any atom is -0.507 e. The van der Waals surface area contributed by atoms with E-state index in [9.17, 15) is 19.8 Å². The Hall–Kier alpha value is -4.07. The third-order valence-electron chi connectivity index (χ3n) is 6.96. The average molecular weight is 580 g/mol. The van der Waals surface area contributed by atoms with Gasteiger partial charge in [-0.2, -0.15) is 0 Å². The van der Waals surface area contributed by atoms with Crippen molar-refractivity contribution in [3.63, 3.8) is 0 Å². The monoisotopic (exact) mass is 579 g/mol. The van der Waals surface area contributed by atoms with Crippen LogP contribution in [0.2, 0.25) is 0 Å². The van der Waals surface area contributed by atoms with Gasteiger partial charge in [0.2, 0.25) is 0 Å². The van der Waals surface area contributed by atoms with E-state index in [1.165, 1.54) is 25.9 Å². The number of nitrogens with zero attached hydrogens (tertiary/aromatic N) is 1. The van der Waals surface area contributed by atoms with Gasteiger partial charge in [0.15, 0.2) is 0 Å². The van der Waals surface area contributed by atoms with Crippen molar-refractivity contribution in [1.29, 1.82) is 0 Å². The van der Waals surface area contributed by atoms with Crippen LogP contribution in [0.25, 0.3) is 10.8 Å². The second-order valence-electron chi connectivity index (χ2n) is 10.1. The predicted molar refractivity (Wildman–Crippen MR) is 165 cm³/mol. The topological polar surface area (TPSA) is 118 Å². The highest BCUT2D eigenvalue weighted by Gasteiger charge is 2.20. The Morgan fingerprint density at radius 2 is 1.22 bits per heavy atom. The van der Waals surface area contributed by atoms with Crippen LogP contribution in [0.4, 0.5) is 0 Å². The minimum absolute atomic E-state index is 0. The maximum absolute atomic E-state index is 10.3. The number of aromatic carboxylic acids is 2. The lowest BCUT2D eigenvalue weighted by Crippen LogP contribution is -2.31. The lowest BCUT2D eigenvalue weighted by molar-refractivity contribution is 0.0686. The quantitative estimate of drug-likeness (QED) is 0.199. The van der Waals surface area contributed by atoms with Gasteiger partial charge in [-0.1, -0.05) is 53.6 Å². The van der Waals surface area contributed by atoms with Crippen LogP contribution in [0.1, 0.15) is 57.2 Å². The maximum Gasteiger partial charge on any atom is 0.335 e. The summed E-state index contributed by atoms with van der Waals surface area (Å²) >= 11 is 0. The summed E-state index contributed by atoms with van der Waals surface area (Å²) in [6, 6.07) is 22.9. The van der Waals surface area contributed by atoms with Crippen molar-refractivity contribution < 1.29 is 30.0 Å². The molecule has 218 valence electrons. The Morgan fingerprint density at radius 3 is 1.68 bits per heavy atom. The number of fused-ring (bicyclic) bond motifs is 1. The maximum atomic E-state index is 10.3. The van der Waals surface area contributed by atoms with Gasteiger partial charge in [0, 0.05) is 16.8 Å². The molecule has 8 heteroatoms. The van der Waals surface area contributed by atoms with Gasteiger partial charge in [-0.15, -0.1) is 12.4 Å². The smallest absolute Gasteiger partial charge is 0.335 e. The molecule has 1 atom stereocenters. The van der Waals surface area contributed by atoms with Crippen molar-refractivity contribution >= 4 is 35.1 Å². The molecule has 0 bridgehead atoms. The summed E-state index contributed by atoms with van der Waals surface area (Å²) in [5, 5.41) is 38.5. The molecule has 0 saturated carbocycles. The molecule has 1 fully saturated rings. The molecule has 1 aliphatic rings. The standard InChI is InChI=1S/C17H21NO2.2C8H8O2.ClH/c1-12(18-9-2-3-10-18)11-13-7-8-15(19)14-5-4-6-16(20)17(13)14;2*1-6-2-4-7(5-3-6)8(9)10;/h4-8,12,19-20H,2-3,9-11H2,1H3;2*2-5H,1H3,(H,9,10);1H. The fraction of sp³-hybridized carbons (Fsp3) is 0.273. The third-order valence-corrected chi connectivity index (χ3v) is 6.96. The first-order valence-corrected chi connectivity index (χ1v) is 13.3. The van der Waals surface area contributed by atoms with E-state index in [2.05, 4.69) is 11.8 Å². The predicted octanol–water partition coefficient (Wildman–Crippen LogP) is 7.09. The van der Waals surface area contributed by atoms with Crippen molar-refractivity contribution in [2.24, 2.45) is 0 Å². The zero-order valence-corrected chi connectivity index (χ0v) is 24.4. The molecule has 1 unspecified atom stereocenters. The molecule has 1 heterocycles. The van der Waals surface area contributed by atoms with E-state index in [4.69, 9.17) is 10.2 Å². The molecular formula is C33H38ClNO6. The number of likely N-dealkylation sites (tertiary alicyclic amines) is 1. The first kappa shape index (κ1) is 33.1. The second kappa shape index (κ2) is 15.6. The summed E-state index contributed by atoms with van der Waals surface area (Å²) in [7, 11) is 0. The van der Waals surface area contributed by atoms with Crippen molar-refractivity contribution in [3.8, 4) is 11.5 Å². The summed E-state index contributed by atoms with van der Waals surface area (Å²) in [6.45, 7) is 8.42. The first-order valence-electron chi connectivity index (χ1n) is 13.3. The third kappa shape index (κ3) is 9.52. The van der Waals surface area contributed by atoms with Gasteiger partial charge in [-0.05, 0) is 95.1 Å². The van der Waals surface area contributed by atoms with E-state index < -0.39 is 11.9 Å². The lowest BCUT2D eigenvalue weighted by atomic mass is 9.97. The molecule has 7 nitrogen and oxygen atoms in total. The number of aryl methyl sites for hydroxylation is 2. The molecule has 4 aromatic carbocycles. The molecule has 4 aromatic rings. The average Bonchev–Trinajstić information content (AvgIpc) is 3.47.